The number of allylic oxidation sites excluding steroid dienone is 2. The van der Waals surface area contributed by atoms with Crippen LogP contribution in [0.3, 0.4) is 0 Å². The van der Waals surface area contributed by atoms with Gasteiger partial charge in [0.05, 0.1) is 11.5 Å². The Hall–Kier alpha value is -1.70. The van der Waals surface area contributed by atoms with E-state index in [0.717, 1.165) is 49.7 Å². The predicted octanol–water partition coefficient (Wildman–Crippen LogP) is 9.04. The summed E-state index contributed by atoms with van der Waals surface area (Å²) in [5.74, 6) is -2.98. The molecule has 4 atom stereocenters. The van der Waals surface area contributed by atoms with Crippen LogP contribution < -0.4 is 0 Å². The van der Waals surface area contributed by atoms with Gasteiger partial charge in [-0.05, 0) is 124 Å². The van der Waals surface area contributed by atoms with E-state index >= 15 is 0 Å². The summed E-state index contributed by atoms with van der Waals surface area (Å²) in [5.41, 5.74) is -2.30. The molecule has 1 aliphatic carbocycles. The molecule has 2 heterocycles. The molecule has 2 aliphatic heterocycles. The second kappa shape index (κ2) is 13.4. The summed E-state index contributed by atoms with van der Waals surface area (Å²) < 4.78 is 7.16. The third kappa shape index (κ3) is 7.47. The normalized spacial score (nSPS) is 31.7. The van der Waals surface area contributed by atoms with Gasteiger partial charge in [0.15, 0.2) is 0 Å². The molecule has 3 rings (SSSR count). The topological polar surface area (TPSA) is 90.3 Å². The van der Waals surface area contributed by atoms with Crippen molar-refractivity contribution in [2.75, 3.05) is 14.1 Å². The summed E-state index contributed by atoms with van der Waals surface area (Å²) in [5, 5.41) is 23.7. The van der Waals surface area contributed by atoms with E-state index in [1.54, 1.807) is 0 Å². The second-order valence-corrected chi connectivity index (χ2v) is 20.3. The molecule has 49 heavy (non-hydrogen) atoms. The van der Waals surface area contributed by atoms with Gasteiger partial charge < -0.3 is 14.9 Å². The maximum atomic E-state index is 14.3. The number of hydrogen-bond donors (Lipinski definition) is 2. The number of piperidine rings is 2. The van der Waals surface area contributed by atoms with Crippen LogP contribution in [0.5, 0.6) is 0 Å². The van der Waals surface area contributed by atoms with Crippen LogP contribution in [0, 0.1) is 28.6 Å². The van der Waals surface area contributed by atoms with E-state index in [-0.39, 0.29) is 33.7 Å². The molecule has 3 aliphatic rings. The van der Waals surface area contributed by atoms with Crippen LogP contribution in [0.4, 0.5) is 0 Å². The molecule has 2 fully saturated rings. The fourth-order valence-corrected chi connectivity index (χ4v) is 10.2. The molecule has 2 N–H and O–H groups in total. The van der Waals surface area contributed by atoms with E-state index in [1.165, 1.54) is 0 Å². The lowest BCUT2D eigenvalue weighted by Crippen LogP contribution is -2.76. The first kappa shape index (κ1) is 41.7. The highest BCUT2D eigenvalue weighted by Gasteiger charge is 2.70. The third-order valence-electron chi connectivity index (χ3n) is 13.7. The fourth-order valence-electron chi connectivity index (χ4n) is 10.2. The maximum Gasteiger partial charge on any atom is 0.317 e. The van der Waals surface area contributed by atoms with E-state index < -0.39 is 46.6 Å². The highest BCUT2D eigenvalue weighted by atomic mass is 16.6. The SMILES string of the molecule is CCCCC1(O)C(C(C)(C)C)=CC(C(C)(C)C)=CC1C(OC(=O)CC(=O)O)(C1CCC(C)(C)N(C)C1(C)C)C1CCC(C)(C)N(C)C1(C)C. The molecular weight excluding hydrogens is 612 g/mol. The molecule has 0 saturated carbocycles. The zero-order chi connectivity index (χ0) is 38.0. The Kier molecular flexibility index (Phi) is 11.4. The third-order valence-corrected chi connectivity index (χ3v) is 13.7. The van der Waals surface area contributed by atoms with Crippen molar-refractivity contribution in [2.24, 2.45) is 28.6 Å². The second-order valence-electron chi connectivity index (χ2n) is 20.3. The number of aliphatic carboxylic acids is 1. The molecule has 2 saturated heterocycles. The van der Waals surface area contributed by atoms with Crippen molar-refractivity contribution in [2.45, 2.75) is 189 Å². The van der Waals surface area contributed by atoms with Crippen molar-refractivity contribution in [3.05, 3.63) is 23.3 Å². The Morgan fingerprint density at radius 1 is 0.837 bits per heavy atom. The first-order chi connectivity index (χ1) is 21.9. The van der Waals surface area contributed by atoms with Crippen LogP contribution in [0.25, 0.3) is 0 Å². The molecule has 0 amide bonds. The number of carboxylic acid groups (broad SMARTS) is 1. The summed E-state index contributed by atoms with van der Waals surface area (Å²) in [6.07, 6.45) is 9.32. The average molecular weight is 687 g/mol. The van der Waals surface area contributed by atoms with Crippen molar-refractivity contribution in [3.8, 4) is 0 Å². The summed E-state index contributed by atoms with van der Waals surface area (Å²) in [6.45, 7) is 33.5. The van der Waals surface area contributed by atoms with Gasteiger partial charge in [-0.2, -0.15) is 0 Å². The van der Waals surface area contributed by atoms with E-state index in [2.05, 4.69) is 140 Å². The van der Waals surface area contributed by atoms with Gasteiger partial charge in [-0.25, -0.2) is 0 Å². The number of carbonyl (C=O) groups excluding carboxylic acids is 1. The van der Waals surface area contributed by atoms with E-state index in [1.807, 2.05) is 0 Å². The highest BCUT2D eigenvalue weighted by Crippen LogP contribution is 2.63. The molecule has 4 unspecified atom stereocenters. The van der Waals surface area contributed by atoms with E-state index in [9.17, 15) is 19.8 Å². The number of ether oxygens (including phenoxy) is 1. The molecule has 0 spiro atoms. The Morgan fingerprint density at radius 3 is 1.65 bits per heavy atom. The van der Waals surface area contributed by atoms with Gasteiger partial charge in [-0.15, -0.1) is 0 Å². The van der Waals surface area contributed by atoms with Crippen molar-refractivity contribution >= 4 is 11.9 Å². The van der Waals surface area contributed by atoms with Gasteiger partial charge in [-0.3, -0.25) is 19.4 Å². The van der Waals surface area contributed by atoms with Crippen LogP contribution in [0.1, 0.15) is 155 Å². The number of aliphatic hydroxyl groups is 1. The Labute approximate surface area is 300 Å². The van der Waals surface area contributed by atoms with Gasteiger partial charge in [0.1, 0.15) is 12.0 Å². The standard InChI is InChI=1S/C42H74N2O5/c1-18-19-22-41(48)31(36(5,6)7)25-28(35(2,3)4)26-32(41)42(49-34(47)27-33(45)46,29-20-23-37(8,9)43(16)39(29,12)13)30-21-24-38(10,11)44(17)40(30,14)15/h25-26,29-30,32,48H,18-24,27H2,1-17H3,(H,45,46). The number of unbranched alkanes of at least 4 members (excludes halogenated alkanes) is 1. The lowest BCUT2D eigenvalue weighted by molar-refractivity contribution is -0.253. The number of esters is 1. The quantitative estimate of drug-likeness (QED) is 0.185. The first-order valence-corrected chi connectivity index (χ1v) is 19.0. The minimum Gasteiger partial charge on any atom is -0.481 e. The van der Waals surface area contributed by atoms with Gasteiger partial charge in [0.2, 0.25) is 0 Å². The molecular formula is C42H74N2O5. The largest absolute Gasteiger partial charge is 0.481 e. The van der Waals surface area contributed by atoms with Crippen LogP contribution >= 0.6 is 0 Å². The average Bonchev–Trinajstić information content (AvgIpc) is 2.91. The number of likely N-dealkylation sites (tertiary alicyclic amines) is 2. The zero-order valence-corrected chi connectivity index (χ0v) is 34.6. The lowest BCUT2D eigenvalue weighted by Gasteiger charge is -2.68. The minimum absolute atomic E-state index is 0.106. The number of carboxylic acids is 1. The molecule has 0 aromatic rings. The Balaban J connectivity index is 2.65. The molecule has 0 aromatic heterocycles. The fraction of sp³-hybridized carbons (Fsp3) is 0.857. The van der Waals surface area contributed by atoms with Crippen LogP contribution in [0.2, 0.25) is 0 Å². The zero-order valence-electron chi connectivity index (χ0n) is 34.6. The summed E-state index contributed by atoms with van der Waals surface area (Å²) >= 11 is 0. The summed E-state index contributed by atoms with van der Waals surface area (Å²) in [4.78, 5) is 31.4. The molecule has 0 bridgehead atoms. The smallest absolute Gasteiger partial charge is 0.317 e. The summed E-state index contributed by atoms with van der Waals surface area (Å²) in [6, 6.07) is 0. The van der Waals surface area contributed by atoms with E-state index in [0.29, 0.717) is 6.42 Å². The number of nitrogens with zero attached hydrogens (tertiary/aromatic N) is 2. The molecule has 7 heteroatoms. The van der Waals surface area contributed by atoms with Crippen LogP contribution in [-0.4, -0.2) is 79.4 Å². The van der Waals surface area contributed by atoms with Crippen LogP contribution in [0.15, 0.2) is 23.3 Å². The van der Waals surface area contributed by atoms with Crippen molar-refractivity contribution in [3.63, 3.8) is 0 Å². The molecule has 282 valence electrons. The molecule has 7 nitrogen and oxygen atoms in total. The van der Waals surface area contributed by atoms with Crippen molar-refractivity contribution in [1.82, 2.24) is 9.80 Å². The van der Waals surface area contributed by atoms with Crippen molar-refractivity contribution < 1.29 is 24.5 Å². The van der Waals surface area contributed by atoms with Gasteiger partial charge in [0, 0.05) is 34.0 Å². The van der Waals surface area contributed by atoms with Gasteiger partial charge in [0.25, 0.3) is 0 Å². The van der Waals surface area contributed by atoms with E-state index in [4.69, 9.17) is 4.74 Å². The molecule has 0 aromatic carbocycles. The maximum absolute atomic E-state index is 14.3. The Morgan fingerprint density at radius 2 is 1.29 bits per heavy atom. The van der Waals surface area contributed by atoms with Crippen LogP contribution in [-0.2, 0) is 14.3 Å². The predicted molar refractivity (Wildman–Crippen MR) is 201 cm³/mol. The lowest BCUT2D eigenvalue weighted by atomic mass is 9.47. The monoisotopic (exact) mass is 687 g/mol. The number of rotatable bonds is 9. The van der Waals surface area contributed by atoms with Crippen molar-refractivity contribution in [1.29, 1.82) is 0 Å². The van der Waals surface area contributed by atoms with Gasteiger partial charge >= 0.3 is 11.9 Å². The summed E-state index contributed by atoms with van der Waals surface area (Å²) in [7, 11) is 4.36. The molecule has 0 radical (unpaired) electrons. The highest BCUT2D eigenvalue weighted by molar-refractivity contribution is 5.90. The Bertz CT molecular complexity index is 1260. The number of carbonyl (C=O) groups is 2. The minimum atomic E-state index is -1.34. The first-order valence-electron chi connectivity index (χ1n) is 19.0. The number of hydrogen-bond acceptors (Lipinski definition) is 6. The van der Waals surface area contributed by atoms with Gasteiger partial charge in [-0.1, -0.05) is 73.5 Å².